The van der Waals surface area contributed by atoms with Gasteiger partial charge in [-0.1, -0.05) is 78.9 Å². The fourth-order valence-electron chi connectivity index (χ4n) is 6.37. The Morgan fingerprint density at radius 1 is 0.667 bits per heavy atom. The third-order valence-electron chi connectivity index (χ3n) is 8.39. The lowest BCUT2D eigenvalue weighted by molar-refractivity contribution is -0.145. The smallest absolute Gasteiger partial charge is 0.407 e. The number of amides is 3. The number of nitrogens with one attached hydrogen (secondary N) is 3. The summed E-state index contributed by atoms with van der Waals surface area (Å²) in [6.07, 6.45) is -2.57. The molecule has 274 valence electrons. The van der Waals surface area contributed by atoms with Gasteiger partial charge in [-0.15, -0.1) is 0 Å². The molecule has 51 heavy (non-hydrogen) atoms. The molecule has 0 unspecified atom stereocenters. The second kappa shape index (κ2) is 16.5. The van der Waals surface area contributed by atoms with Crippen LogP contribution in [-0.4, -0.2) is 77.1 Å². The highest BCUT2D eigenvalue weighted by Crippen LogP contribution is 2.44. The van der Waals surface area contributed by atoms with Gasteiger partial charge in [0.05, 0.1) is 23.4 Å². The Labute approximate surface area is 300 Å². The molecule has 3 amide bonds. The van der Waals surface area contributed by atoms with Crippen LogP contribution in [0.5, 0.6) is 0 Å². The number of carboxylic acids is 1. The molecule has 3 aromatic carbocycles. The summed E-state index contributed by atoms with van der Waals surface area (Å²) in [5, 5.41) is 17.9. The van der Waals surface area contributed by atoms with Crippen LogP contribution in [0.4, 0.5) is 4.79 Å². The van der Waals surface area contributed by atoms with E-state index in [-0.39, 0.29) is 18.9 Å². The number of benzene rings is 3. The number of ether oxygens (including phenoxy) is 3. The second-order valence-electron chi connectivity index (χ2n) is 14.9. The molecule has 4 rings (SSSR count). The van der Waals surface area contributed by atoms with Gasteiger partial charge in [0.2, 0.25) is 11.8 Å². The lowest BCUT2D eigenvalue weighted by Gasteiger charge is -2.34. The standard InChI is InChI=1S/C40H51N3O8/c1-24(50-39(3,4)5)33(35(44)41-32(37(46)47)22-26-16-10-9-11-17-26)42-36(45)34(25(2)51-40(6,7)8)43-38(48)49-23-31-29-20-14-12-18-27(29)28-19-13-15-21-30(28)31/h9-21,24-25,31-34H,22-23H2,1-8H3,(H,41,44)(H,42,45)(H,43,48)(H,46,47)/t24-,25-,32+,33+,34+/m1/s1. The number of carboxylic acid groups (broad SMARTS) is 1. The number of carbonyl (C=O) groups is 4. The zero-order valence-electron chi connectivity index (χ0n) is 30.7. The maximum absolute atomic E-state index is 14.1. The Bertz CT molecular complexity index is 1640. The van der Waals surface area contributed by atoms with Gasteiger partial charge in [-0.05, 0) is 83.2 Å². The molecular formula is C40H51N3O8. The largest absolute Gasteiger partial charge is 0.480 e. The summed E-state index contributed by atoms with van der Waals surface area (Å²) in [7, 11) is 0. The molecular weight excluding hydrogens is 650 g/mol. The third-order valence-corrected chi connectivity index (χ3v) is 8.39. The van der Waals surface area contributed by atoms with Crippen LogP contribution in [0, 0.1) is 0 Å². The van der Waals surface area contributed by atoms with Gasteiger partial charge < -0.3 is 35.3 Å². The maximum atomic E-state index is 14.1. The van der Waals surface area contributed by atoms with Gasteiger partial charge >= 0.3 is 12.1 Å². The Morgan fingerprint density at radius 3 is 1.61 bits per heavy atom. The number of alkyl carbamates (subject to hydrolysis) is 1. The van der Waals surface area contributed by atoms with Crippen molar-refractivity contribution in [2.75, 3.05) is 6.61 Å². The maximum Gasteiger partial charge on any atom is 0.407 e. The molecule has 0 aromatic heterocycles. The summed E-state index contributed by atoms with van der Waals surface area (Å²) in [6, 6.07) is 20.9. The Kier molecular flexibility index (Phi) is 12.6. The fourth-order valence-corrected chi connectivity index (χ4v) is 6.37. The van der Waals surface area contributed by atoms with Gasteiger partial charge in [-0.3, -0.25) is 9.59 Å². The van der Waals surface area contributed by atoms with Gasteiger partial charge in [0, 0.05) is 12.3 Å². The Morgan fingerprint density at radius 2 is 1.12 bits per heavy atom. The average molecular weight is 702 g/mol. The number of hydrogen-bond donors (Lipinski definition) is 4. The first-order valence-electron chi connectivity index (χ1n) is 17.3. The van der Waals surface area contributed by atoms with Crippen molar-refractivity contribution in [1.82, 2.24) is 16.0 Å². The minimum atomic E-state index is -1.33. The quantitative estimate of drug-likeness (QED) is 0.170. The van der Waals surface area contributed by atoms with Gasteiger partial charge in [0.1, 0.15) is 24.7 Å². The minimum absolute atomic E-state index is 0.0273. The van der Waals surface area contributed by atoms with Gasteiger partial charge in [-0.2, -0.15) is 0 Å². The van der Waals surface area contributed by atoms with E-state index in [2.05, 4.69) is 16.0 Å². The lowest BCUT2D eigenvalue weighted by atomic mass is 9.98. The zero-order valence-corrected chi connectivity index (χ0v) is 30.7. The molecule has 1 aliphatic carbocycles. The van der Waals surface area contributed by atoms with E-state index in [1.165, 1.54) is 0 Å². The molecule has 3 aromatic rings. The monoisotopic (exact) mass is 701 g/mol. The summed E-state index contributed by atoms with van der Waals surface area (Å²) in [5.74, 6) is -2.92. The van der Waals surface area contributed by atoms with Crippen molar-refractivity contribution < 1.29 is 38.5 Å². The first-order valence-corrected chi connectivity index (χ1v) is 17.3. The summed E-state index contributed by atoms with van der Waals surface area (Å²) < 4.78 is 17.9. The molecule has 0 heterocycles. The van der Waals surface area contributed by atoms with E-state index in [1.807, 2.05) is 75.4 Å². The van der Waals surface area contributed by atoms with Crippen LogP contribution in [0.1, 0.15) is 78.0 Å². The van der Waals surface area contributed by atoms with E-state index in [1.54, 1.807) is 58.9 Å². The third kappa shape index (κ3) is 10.9. The molecule has 5 atom stereocenters. The van der Waals surface area contributed by atoms with E-state index < -0.39 is 65.4 Å². The molecule has 1 aliphatic rings. The predicted molar refractivity (Wildman–Crippen MR) is 194 cm³/mol. The van der Waals surface area contributed by atoms with E-state index in [0.29, 0.717) is 5.56 Å². The SMILES string of the molecule is C[C@@H](OC(C)(C)C)[C@H](NC(=O)OCC1c2ccccc2-c2ccccc21)C(=O)N[C@H](C(=O)N[C@@H](Cc1ccccc1)C(=O)O)[C@@H](C)OC(C)(C)C. The first kappa shape index (κ1) is 39.1. The van der Waals surface area contributed by atoms with Crippen LogP contribution >= 0.6 is 0 Å². The fraction of sp³-hybridized carbons (Fsp3) is 0.450. The van der Waals surface area contributed by atoms with E-state index >= 15 is 0 Å². The molecule has 4 N–H and O–H groups in total. The summed E-state index contributed by atoms with van der Waals surface area (Å²) in [4.78, 5) is 53.5. The molecule has 0 saturated carbocycles. The van der Waals surface area contributed by atoms with Crippen molar-refractivity contribution in [2.45, 2.75) is 109 Å². The molecule has 0 radical (unpaired) electrons. The molecule has 0 bridgehead atoms. The predicted octanol–water partition coefficient (Wildman–Crippen LogP) is 5.60. The van der Waals surface area contributed by atoms with Gasteiger partial charge in [0.25, 0.3) is 0 Å². The van der Waals surface area contributed by atoms with E-state index in [0.717, 1.165) is 22.3 Å². The number of aliphatic carboxylic acids is 1. The highest BCUT2D eigenvalue weighted by atomic mass is 16.6. The van der Waals surface area contributed by atoms with Crippen molar-refractivity contribution >= 4 is 23.9 Å². The van der Waals surface area contributed by atoms with Crippen molar-refractivity contribution in [1.29, 1.82) is 0 Å². The topological polar surface area (TPSA) is 152 Å². The van der Waals surface area contributed by atoms with Crippen molar-refractivity contribution in [2.24, 2.45) is 0 Å². The Balaban J connectivity index is 1.54. The number of hydrogen-bond acceptors (Lipinski definition) is 7. The summed E-state index contributed by atoms with van der Waals surface area (Å²) in [6.45, 7) is 14.2. The van der Waals surface area contributed by atoms with Gasteiger partial charge in [0.15, 0.2) is 0 Å². The molecule has 11 heteroatoms. The number of fused-ring (bicyclic) bond motifs is 3. The van der Waals surface area contributed by atoms with Gasteiger partial charge in [-0.25, -0.2) is 9.59 Å². The van der Waals surface area contributed by atoms with Crippen LogP contribution in [-0.2, 0) is 35.0 Å². The van der Waals surface area contributed by atoms with Crippen LogP contribution in [0.25, 0.3) is 11.1 Å². The molecule has 0 fully saturated rings. The van der Waals surface area contributed by atoms with Crippen LogP contribution in [0.15, 0.2) is 78.9 Å². The molecule has 0 aliphatic heterocycles. The number of rotatable bonds is 14. The second-order valence-corrected chi connectivity index (χ2v) is 14.9. The van der Waals surface area contributed by atoms with Crippen molar-refractivity contribution in [3.8, 4) is 11.1 Å². The number of carbonyl (C=O) groups excluding carboxylic acids is 3. The minimum Gasteiger partial charge on any atom is -0.480 e. The summed E-state index contributed by atoms with van der Waals surface area (Å²) in [5.41, 5.74) is 3.56. The van der Waals surface area contributed by atoms with Crippen LogP contribution < -0.4 is 16.0 Å². The molecule has 0 saturated heterocycles. The van der Waals surface area contributed by atoms with E-state index in [9.17, 15) is 24.3 Å². The molecule has 0 spiro atoms. The van der Waals surface area contributed by atoms with Crippen molar-refractivity contribution in [3.05, 3.63) is 95.6 Å². The van der Waals surface area contributed by atoms with Crippen LogP contribution in [0.2, 0.25) is 0 Å². The Hall–Kier alpha value is -4.74. The highest BCUT2D eigenvalue weighted by Gasteiger charge is 2.38. The highest BCUT2D eigenvalue weighted by molar-refractivity contribution is 5.93. The average Bonchev–Trinajstić information content (AvgIpc) is 3.36. The van der Waals surface area contributed by atoms with Crippen molar-refractivity contribution in [3.63, 3.8) is 0 Å². The summed E-state index contributed by atoms with van der Waals surface area (Å²) >= 11 is 0. The molecule has 11 nitrogen and oxygen atoms in total. The lowest BCUT2D eigenvalue weighted by Crippen LogP contribution is -2.62. The van der Waals surface area contributed by atoms with Crippen LogP contribution in [0.3, 0.4) is 0 Å². The van der Waals surface area contributed by atoms with E-state index in [4.69, 9.17) is 14.2 Å². The zero-order chi connectivity index (χ0) is 37.5. The normalized spacial score (nSPS) is 15.7. The first-order chi connectivity index (χ1) is 23.9.